The first-order chi connectivity index (χ1) is 12.5. The Morgan fingerprint density at radius 3 is 1.55 bits per heavy atom. The van der Waals surface area contributed by atoms with Crippen LogP contribution in [0.5, 0.6) is 0 Å². The van der Waals surface area contributed by atoms with Gasteiger partial charge in [-0.1, -0.05) is 0 Å². The van der Waals surface area contributed by atoms with Gasteiger partial charge in [0.1, 0.15) is 0 Å². The van der Waals surface area contributed by atoms with E-state index in [0.29, 0.717) is 0 Å². The summed E-state index contributed by atoms with van der Waals surface area (Å²) in [6.45, 7) is 12.8. The summed E-state index contributed by atoms with van der Waals surface area (Å²) in [6.07, 6.45) is -14.9. The van der Waals surface area contributed by atoms with Crippen molar-refractivity contribution in [2.24, 2.45) is 0 Å². The molecule has 1 unspecified atom stereocenters. The van der Waals surface area contributed by atoms with Crippen LogP contribution in [0.2, 0.25) is 57.5 Å². The van der Waals surface area contributed by atoms with Gasteiger partial charge in [-0.15, -0.1) is 22.2 Å². The van der Waals surface area contributed by atoms with E-state index in [4.69, 9.17) is 30.4 Å². The SMILES string of the molecule is C[Si](C)(Cl)O[Si](C)(C)C[Si](C)(C)O[Si](C)(Cl)CCCOC(C(F)(F)F)C(F)(F)F. The fourth-order valence-corrected chi connectivity index (χ4v) is 28.6. The molecule has 1 atom stereocenters. The number of halogens is 8. The fourth-order valence-electron chi connectivity index (χ4n) is 3.35. The second-order valence-electron chi connectivity index (χ2n) is 8.80. The first kappa shape index (κ1) is 29.9. The molecule has 0 bridgehead atoms. The third-order valence-corrected chi connectivity index (χ3v) is 21.6. The molecule has 0 aliphatic rings. The monoisotopic (exact) mass is 542 g/mol. The summed E-state index contributed by atoms with van der Waals surface area (Å²) in [4.78, 5) is 0. The topological polar surface area (TPSA) is 27.7 Å². The van der Waals surface area contributed by atoms with Crippen LogP contribution in [-0.4, -0.2) is 57.0 Å². The molecule has 0 saturated heterocycles. The lowest BCUT2D eigenvalue weighted by Crippen LogP contribution is -2.51. The molecule has 0 radical (unpaired) electrons. The molecule has 0 aromatic carbocycles. The van der Waals surface area contributed by atoms with E-state index < -0.39 is 57.0 Å². The molecule has 0 aliphatic heterocycles. The smallest absolute Gasteiger partial charge is 0.423 e. The highest BCUT2D eigenvalue weighted by Gasteiger charge is 2.58. The summed E-state index contributed by atoms with van der Waals surface area (Å²) >= 11 is 12.8. The van der Waals surface area contributed by atoms with Gasteiger partial charge in [-0.25, -0.2) is 0 Å². The first-order valence-corrected chi connectivity index (χ1v) is 22.8. The maximum Gasteiger partial charge on any atom is 0.423 e. The lowest BCUT2D eigenvalue weighted by atomic mass is 10.3. The van der Waals surface area contributed by atoms with Crippen LogP contribution in [0, 0.1) is 0 Å². The minimum Gasteiger partial charge on any atom is -0.445 e. The quantitative estimate of drug-likeness (QED) is 0.120. The Labute approximate surface area is 182 Å². The maximum atomic E-state index is 12.5. The zero-order chi connectivity index (χ0) is 23.5. The van der Waals surface area contributed by atoms with Gasteiger partial charge in [0.2, 0.25) is 6.10 Å². The van der Waals surface area contributed by atoms with Crippen LogP contribution in [0.1, 0.15) is 6.42 Å². The van der Waals surface area contributed by atoms with Gasteiger partial charge in [0, 0.05) is 6.61 Å². The number of hydrogen-bond acceptors (Lipinski definition) is 3. The van der Waals surface area contributed by atoms with Crippen LogP contribution in [-0.2, 0) is 13.0 Å². The summed E-state index contributed by atoms with van der Waals surface area (Å²) in [5.74, 6) is 0. The van der Waals surface area contributed by atoms with Gasteiger partial charge < -0.3 is 13.0 Å². The average molecular weight is 544 g/mol. The van der Waals surface area contributed by atoms with E-state index in [0.717, 1.165) is 5.67 Å². The van der Waals surface area contributed by atoms with E-state index in [1.165, 1.54) is 0 Å². The molecule has 0 heterocycles. The molecule has 0 N–H and O–H groups in total. The Bertz CT molecular complexity index is 511. The highest BCUT2D eigenvalue weighted by atomic mass is 35.6. The minimum atomic E-state index is -5.51. The Balaban J connectivity index is 4.75. The molecule has 0 fully saturated rings. The molecule has 3 nitrogen and oxygen atoms in total. The van der Waals surface area contributed by atoms with Gasteiger partial charge in [0.25, 0.3) is 15.3 Å². The second-order valence-corrected chi connectivity index (χ2v) is 29.4. The van der Waals surface area contributed by atoms with E-state index >= 15 is 0 Å². The average Bonchev–Trinajstić information content (AvgIpc) is 2.27. The predicted octanol–water partition coefficient (Wildman–Crippen LogP) is 7.12. The number of rotatable bonds is 11. The third-order valence-electron chi connectivity index (χ3n) is 3.51. The van der Waals surface area contributed by atoms with Crippen molar-refractivity contribution in [2.45, 2.75) is 82.4 Å². The lowest BCUT2D eigenvalue weighted by molar-refractivity contribution is -0.321. The van der Waals surface area contributed by atoms with Crippen molar-refractivity contribution < 1.29 is 39.3 Å². The Morgan fingerprint density at radius 2 is 1.17 bits per heavy atom. The summed E-state index contributed by atoms with van der Waals surface area (Å²) in [5.41, 5.74) is 0.721. The second kappa shape index (κ2) is 10.2. The molecule has 0 aromatic rings. The van der Waals surface area contributed by atoms with Crippen molar-refractivity contribution >= 4 is 54.0 Å². The third kappa shape index (κ3) is 13.8. The molecule has 0 saturated carbocycles. The van der Waals surface area contributed by atoms with E-state index in [2.05, 4.69) is 4.74 Å². The lowest BCUT2D eigenvalue weighted by Gasteiger charge is -2.38. The highest BCUT2D eigenvalue weighted by Crippen LogP contribution is 2.36. The van der Waals surface area contributed by atoms with Crippen LogP contribution in [0.15, 0.2) is 0 Å². The summed E-state index contributed by atoms with van der Waals surface area (Å²) < 4.78 is 91.2. The van der Waals surface area contributed by atoms with Crippen molar-refractivity contribution in [2.75, 3.05) is 6.61 Å². The van der Waals surface area contributed by atoms with Gasteiger partial charge >= 0.3 is 12.4 Å². The molecule has 29 heavy (non-hydrogen) atoms. The fraction of sp³-hybridized carbons (Fsp3) is 1.00. The molecular formula is C14H30Cl2F6O3Si4. The number of alkyl halides is 6. The van der Waals surface area contributed by atoms with Gasteiger partial charge in [0.15, 0.2) is 16.6 Å². The standard InChI is InChI=1S/C14H30Cl2F6O3Si4/c1-26(2,24-28(5,6)15)11-27(3,4)25-29(7,16)10-8-9-23-12(13(17,18)19)14(20,21)22/h12H,8-11H2,1-7H3. The molecule has 0 amide bonds. The van der Waals surface area contributed by atoms with Gasteiger partial charge in [0.05, 0.1) is 0 Å². The van der Waals surface area contributed by atoms with Crippen molar-refractivity contribution in [3.8, 4) is 0 Å². The first-order valence-electron chi connectivity index (χ1n) is 8.99. The Hall–Kier alpha value is 0.908. The minimum absolute atomic E-state index is 0.0572. The van der Waals surface area contributed by atoms with Crippen LogP contribution in [0.4, 0.5) is 26.3 Å². The molecule has 0 aromatic heterocycles. The zero-order valence-electron chi connectivity index (χ0n) is 17.7. The van der Waals surface area contributed by atoms with Crippen molar-refractivity contribution in [1.82, 2.24) is 0 Å². The molecule has 176 valence electrons. The van der Waals surface area contributed by atoms with Crippen LogP contribution in [0.3, 0.4) is 0 Å². The number of ether oxygens (including phenoxy) is 1. The largest absolute Gasteiger partial charge is 0.445 e. The van der Waals surface area contributed by atoms with E-state index in [1.54, 1.807) is 6.55 Å². The molecule has 0 spiro atoms. The summed E-state index contributed by atoms with van der Waals surface area (Å²) in [7, 11) is -9.46. The molecule has 0 rings (SSSR count). The van der Waals surface area contributed by atoms with Gasteiger partial charge in [-0.05, 0) is 64.0 Å². The highest BCUT2D eigenvalue weighted by molar-refractivity contribution is 7.20. The number of hydrogen-bond donors (Lipinski definition) is 0. The van der Waals surface area contributed by atoms with Crippen molar-refractivity contribution in [3.63, 3.8) is 0 Å². The van der Waals surface area contributed by atoms with Crippen molar-refractivity contribution in [1.29, 1.82) is 0 Å². The Kier molecular flexibility index (Phi) is 10.6. The maximum absolute atomic E-state index is 12.5. The van der Waals surface area contributed by atoms with Gasteiger partial charge in [-0.2, -0.15) is 26.3 Å². The summed E-state index contributed by atoms with van der Waals surface area (Å²) in [6, 6.07) is 0.173. The predicted molar refractivity (Wildman–Crippen MR) is 114 cm³/mol. The molecule has 15 heteroatoms. The zero-order valence-corrected chi connectivity index (χ0v) is 23.2. The van der Waals surface area contributed by atoms with Crippen molar-refractivity contribution in [3.05, 3.63) is 0 Å². The molecule has 0 aliphatic carbocycles. The van der Waals surface area contributed by atoms with Gasteiger partial charge in [-0.3, -0.25) is 0 Å². The normalized spacial score (nSPS) is 17.0. The van der Waals surface area contributed by atoms with Crippen LogP contribution >= 0.6 is 22.2 Å². The summed E-state index contributed by atoms with van der Waals surface area (Å²) in [5, 5.41) is 0. The van der Waals surface area contributed by atoms with Crippen LogP contribution in [0.25, 0.3) is 0 Å². The van der Waals surface area contributed by atoms with Crippen LogP contribution < -0.4 is 0 Å². The Morgan fingerprint density at radius 1 is 0.759 bits per heavy atom. The van der Waals surface area contributed by atoms with E-state index in [9.17, 15) is 26.3 Å². The van der Waals surface area contributed by atoms with E-state index in [-0.39, 0.29) is 12.5 Å². The van der Waals surface area contributed by atoms with E-state index in [1.807, 2.05) is 39.3 Å². The molecular weight excluding hydrogens is 513 g/mol.